The number of hydrogen-bond donors (Lipinski definition) is 1. The molecular weight excluding hydrogens is 178 g/mol. The number of ether oxygens (including phenoxy) is 1. The molecule has 1 aromatic heterocycles. The summed E-state index contributed by atoms with van der Waals surface area (Å²) in [5.74, 6) is 1.49. The van der Waals surface area contributed by atoms with Gasteiger partial charge in [-0.1, -0.05) is 13.8 Å². The Morgan fingerprint density at radius 1 is 1.64 bits per heavy atom. The molecule has 1 aliphatic heterocycles. The molecule has 2 heterocycles. The molecule has 1 aromatic rings. The molecule has 4 nitrogen and oxygen atoms in total. The van der Waals surface area contributed by atoms with Gasteiger partial charge in [0.2, 0.25) is 5.88 Å². The number of hydrogen-bond acceptors (Lipinski definition) is 3. The number of nitrogens with zero attached hydrogens (tertiary/aromatic N) is 2. The quantitative estimate of drug-likeness (QED) is 0.775. The molecule has 14 heavy (non-hydrogen) atoms. The maximum atomic E-state index is 5.76. The minimum atomic E-state index is 0.331. The van der Waals surface area contributed by atoms with Crippen LogP contribution in [0.1, 0.15) is 13.8 Å². The highest BCUT2D eigenvalue weighted by Gasteiger charge is 2.19. The van der Waals surface area contributed by atoms with Gasteiger partial charge in [-0.05, 0) is 5.92 Å². The molecule has 0 aromatic carbocycles. The van der Waals surface area contributed by atoms with E-state index in [9.17, 15) is 0 Å². The number of aromatic nitrogens is 2. The first-order valence-electron chi connectivity index (χ1n) is 5.15. The predicted molar refractivity (Wildman–Crippen MR) is 54.4 cm³/mol. The summed E-state index contributed by atoms with van der Waals surface area (Å²) >= 11 is 0. The zero-order chi connectivity index (χ0) is 9.97. The van der Waals surface area contributed by atoms with Crippen molar-refractivity contribution in [3.63, 3.8) is 0 Å². The van der Waals surface area contributed by atoms with Crippen molar-refractivity contribution >= 4 is 0 Å². The van der Waals surface area contributed by atoms with Crippen LogP contribution < -0.4 is 10.1 Å². The lowest BCUT2D eigenvalue weighted by Crippen LogP contribution is -2.50. The molecular formula is C10H17N3O. The summed E-state index contributed by atoms with van der Waals surface area (Å²) in [6, 6.07) is 1.93. The fourth-order valence-electron chi connectivity index (χ4n) is 1.42. The van der Waals surface area contributed by atoms with E-state index in [-0.39, 0.29) is 0 Å². The Hall–Kier alpha value is -1.03. The van der Waals surface area contributed by atoms with Crippen LogP contribution in [0.15, 0.2) is 12.3 Å². The second kappa shape index (κ2) is 4.00. The summed E-state index contributed by atoms with van der Waals surface area (Å²) in [6.45, 7) is 7.18. The van der Waals surface area contributed by atoms with Crippen molar-refractivity contribution in [3.8, 4) is 5.88 Å². The lowest BCUT2D eigenvalue weighted by molar-refractivity contribution is 0.126. The average Bonchev–Trinajstić information content (AvgIpc) is 2.44. The van der Waals surface area contributed by atoms with E-state index in [4.69, 9.17) is 4.74 Å². The molecule has 0 saturated carbocycles. The van der Waals surface area contributed by atoms with Crippen LogP contribution in [-0.4, -0.2) is 29.0 Å². The van der Waals surface area contributed by atoms with Crippen LogP contribution in [0, 0.1) is 5.92 Å². The van der Waals surface area contributed by atoms with Crippen LogP contribution in [0.2, 0.25) is 0 Å². The van der Waals surface area contributed by atoms with Gasteiger partial charge < -0.3 is 10.1 Å². The van der Waals surface area contributed by atoms with E-state index in [0.29, 0.717) is 12.0 Å². The summed E-state index contributed by atoms with van der Waals surface area (Å²) in [4.78, 5) is 0. The summed E-state index contributed by atoms with van der Waals surface area (Å²) < 4.78 is 7.69. The smallest absolute Gasteiger partial charge is 0.212 e. The minimum Gasteiger partial charge on any atom is -0.472 e. The lowest BCUT2D eigenvalue weighted by atomic mass is 10.2. The maximum absolute atomic E-state index is 5.76. The van der Waals surface area contributed by atoms with Gasteiger partial charge in [-0.15, -0.1) is 0 Å². The van der Waals surface area contributed by atoms with Crippen molar-refractivity contribution in [2.75, 3.05) is 13.1 Å². The molecule has 0 aliphatic carbocycles. The lowest BCUT2D eigenvalue weighted by Gasteiger charge is -2.27. The van der Waals surface area contributed by atoms with Gasteiger partial charge in [-0.25, -0.2) is 4.68 Å². The van der Waals surface area contributed by atoms with Crippen molar-refractivity contribution in [3.05, 3.63) is 12.3 Å². The van der Waals surface area contributed by atoms with Gasteiger partial charge in [-0.3, -0.25) is 0 Å². The highest BCUT2D eigenvalue weighted by atomic mass is 16.5. The molecule has 1 aliphatic rings. The third-order valence-electron chi connectivity index (χ3n) is 2.25. The number of nitrogens with one attached hydrogen (secondary N) is 1. The number of rotatable bonds is 4. The SMILES string of the molecule is CC(C)Cn1nccc1OC1CNC1. The molecule has 0 bridgehead atoms. The Morgan fingerprint density at radius 2 is 2.43 bits per heavy atom. The van der Waals surface area contributed by atoms with E-state index >= 15 is 0 Å². The molecule has 78 valence electrons. The highest BCUT2D eigenvalue weighted by molar-refractivity contribution is 5.09. The van der Waals surface area contributed by atoms with E-state index in [0.717, 1.165) is 25.5 Å². The standard InChI is InChI=1S/C10H17N3O/c1-8(2)7-13-10(3-4-12-13)14-9-5-11-6-9/h3-4,8-9,11H,5-7H2,1-2H3. The van der Waals surface area contributed by atoms with Crippen molar-refractivity contribution in [1.82, 2.24) is 15.1 Å². The van der Waals surface area contributed by atoms with Crippen LogP contribution in [0.25, 0.3) is 0 Å². The monoisotopic (exact) mass is 195 g/mol. The second-order valence-corrected chi connectivity index (χ2v) is 4.14. The Morgan fingerprint density at radius 3 is 3.00 bits per heavy atom. The first-order valence-corrected chi connectivity index (χ1v) is 5.15. The van der Waals surface area contributed by atoms with Gasteiger partial charge in [0, 0.05) is 25.7 Å². The first-order chi connectivity index (χ1) is 6.75. The van der Waals surface area contributed by atoms with Gasteiger partial charge in [0.05, 0.1) is 6.20 Å². The Kier molecular flexibility index (Phi) is 2.72. The van der Waals surface area contributed by atoms with Gasteiger partial charge in [0.1, 0.15) is 6.10 Å². The predicted octanol–water partition coefficient (Wildman–Crippen LogP) is 0.890. The van der Waals surface area contributed by atoms with Gasteiger partial charge in [0.15, 0.2) is 0 Å². The van der Waals surface area contributed by atoms with Gasteiger partial charge >= 0.3 is 0 Å². The van der Waals surface area contributed by atoms with Crippen molar-refractivity contribution < 1.29 is 4.74 Å². The minimum absolute atomic E-state index is 0.331. The topological polar surface area (TPSA) is 39.1 Å². The fraction of sp³-hybridized carbons (Fsp3) is 0.700. The second-order valence-electron chi connectivity index (χ2n) is 4.14. The van der Waals surface area contributed by atoms with Crippen molar-refractivity contribution in [2.45, 2.75) is 26.5 Å². The molecule has 0 radical (unpaired) electrons. The molecule has 1 N–H and O–H groups in total. The summed E-state index contributed by atoms with van der Waals surface area (Å²) in [5, 5.41) is 7.42. The average molecular weight is 195 g/mol. The van der Waals surface area contributed by atoms with Crippen LogP contribution in [-0.2, 0) is 6.54 Å². The maximum Gasteiger partial charge on any atom is 0.212 e. The molecule has 0 spiro atoms. The van der Waals surface area contributed by atoms with E-state index in [1.165, 1.54) is 0 Å². The Balaban J connectivity index is 1.97. The summed E-state index contributed by atoms with van der Waals surface area (Å²) in [7, 11) is 0. The molecule has 0 amide bonds. The van der Waals surface area contributed by atoms with Crippen LogP contribution >= 0.6 is 0 Å². The van der Waals surface area contributed by atoms with Gasteiger partial charge in [-0.2, -0.15) is 5.10 Å². The highest BCUT2D eigenvalue weighted by Crippen LogP contribution is 2.14. The normalized spacial score (nSPS) is 17.1. The summed E-state index contributed by atoms with van der Waals surface area (Å²) in [5.41, 5.74) is 0. The molecule has 2 rings (SSSR count). The van der Waals surface area contributed by atoms with E-state index < -0.39 is 0 Å². The van der Waals surface area contributed by atoms with Gasteiger partial charge in [0.25, 0.3) is 0 Å². The third-order valence-corrected chi connectivity index (χ3v) is 2.25. The first kappa shape index (κ1) is 9.52. The van der Waals surface area contributed by atoms with Crippen molar-refractivity contribution in [2.24, 2.45) is 5.92 Å². The fourth-order valence-corrected chi connectivity index (χ4v) is 1.42. The van der Waals surface area contributed by atoms with E-state index in [2.05, 4.69) is 24.3 Å². The third kappa shape index (κ3) is 2.07. The Bertz CT molecular complexity index is 291. The molecule has 0 unspecified atom stereocenters. The zero-order valence-corrected chi connectivity index (χ0v) is 8.73. The summed E-state index contributed by atoms with van der Waals surface area (Å²) in [6.07, 6.45) is 2.13. The zero-order valence-electron chi connectivity index (χ0n) is 8.73. The van der Waals surface area contributed by atoms with Crippen molar-refractivity contribution in [1.29, 1.82) is 0 Å². The van der Waals surface area contributed by atoms with E-state index in [1.54, 1.807) is 6.20 Å². The van der Waals surface area contributed by atoms with E-state index in [1.807, 2.05) is 10.7 Å². The molecule has 1 fully saturated rings. The van der Waals surface area contributed by atoms with Crippen LogP contribution in [0.3, 0.4) is 0 Å². The van der Waals surface area contributed by atoms with Crippen LogP contribution in [0.4, 0.5) is 0 Å². The van der Waals surface area contributed by atoms with Crippen LogP contribution in [0.5, 0.6) is 5.88 Å². The Labute approximate surface area is 84.3 Å². The molecule has 1 saturated heterocycles. The molecule has 0 atom stereocenters. The molecule has 4 heteroatoms. The largest absolute Gasteiger partial charge is 0.472 e.